The third kappa shape index (κ3) is 6.20. The molecule has 0 atom stereocenters. The Kier molecular flexibility index (Phi) is 7.40. The number of rotatable bonds is 9. The topological polar surface area (TPSA) is 51.1 Å². The van der Waals surface area contributed by atoms with E-state index in [0.29, 0.717) is 6.54 Å². The van der Waals surface area contributed by atoms with Gasteiger partial charge in [0.2, 0.25) is 0 Å². The number of nitrogens with zero attached hydrogens (tertiary/aromatic N) is 4. The van der Waals surface area contributed by atoms with Crippen LogP contribution < -0.4 is 4.74 Å². The van der Waals surface area contributed by atoms with Crippen molar-refractivity contribution in [3.63, 3.8) is 0 Å². The van der Waals surface area contributed by atoms with Gasteiger partial charge in [-0.05, 0) is 65.7 Å². The molecule has 0 amide bonds. The minimum atomic E-state index is 0.711. The fourth-order valence-corrected chi connectivity index (χ4v) is 4.12. The predicted molar refractivity (Wildman–Crippen MR) is 145 cm³/mol. The number of pyridine rings is 3. The SMILES string of the molecule is COc1ccc(/C=C/c2ccc3nc(CN(Cc4ccccn4)Cc4ccccn4)ccc3c2)cc1. The fraction of sp³-hybridized carbons (Fsp3) is 0.129. The highest BCUT2D eigenvalue weighted by Crippen LogP contribution is 2.20. The third-order valence-electron chi connectivity index (χ3n) is 5.96. The molecule has 178 valence electrons. The average molecular weight is 473 g/mol. The van der Waals surface area contributed by atoms with Crippen LogP contribution in [0.5, 0.6) is 5.75 Å². The molecule has 0 saturated carbocycles. The molecule has 5 rings (SSSR count). The molecule has 0 aliphatic carbocycles. The van der Waals surface area contributed by atoms with Crippen LogP contribution >= 0.6 is 0 Å². The van der Waals surface area contributed by atoms with E-state index in [1.807, 2.05) is 60.9 Å². The summed E-state index contributed by atoms with van der Waals surface area (Å²) in [5.74, 6) is 0.860. The molecule has 0 spiro atoms. The van der Waals surface area contributed by atoms with E-state index in [9.17, 15) is 0 Å². The molecule has 0 radical (unpaired) electrons. The molecule has 0 bridgehead atoms. The molecular weight excluding hydrogens is 444 g/mol. The molecule has 5 nitrogen and oxygen atoms in total. The lowest BCUT2D eigenvalue weighted by Gasteiger charge is -2.21. The average Bonchev–Trinajstić information content (AvgIpc) is 2.93. The van der Waals surface area contributed by atoms with Gasteiger partial charge in [0.05, 0.1) is 29.7 Å². The van der Waals surface area contributed by atoms with Gasteiger partial charge in [0, 0.05) is 37.4 Å². The van der Waals surface area contributed by atoms with Crippen LogP contribution in [0, 0.1) is 0 Å². The third-order valence-corrected chi connectivity index (χ3v) is 5.96. The number of ether oxygens (including phenoxy) is 1. The lowest BCUT2D eigenvalue weighted by Crippen LogP contribution is -2.24. The van der Waals surface area contributed by atoms with E-state index in [1.165, 1.54) is 0 Å². The molecule has 0 unspecified atom stereocenters. The predicted octanol–water partition coefficient (Wildman–Crippen LogP) is 6.41. The van der Waals surface area contributed by atoms with Gasteiger partial charge in [-0.2, -0.15) is 0 Å². The molecule has 5 heteroatoms. The smallest absolute Gasteiger partial charge is 0.118 e. The molecule has 3 aromatic heterocycles. The van der Waals surface area contributed by atoms with Crippen LogP contribution in [-0.4, -0.2) is 27.0 Å². The largest absolute Gasteiger partial charge is 0.497 e. The van der Waals surface area contributed by atoms with Crippen molar-refractivity contribution in [3.8, 4) is 5.75 Å². The van der Waals surface area contributed by atoms with Crippen molar-refractivity contribution in [3.05, 3.63) is 132 Å². The molecular formula is C31H28N4O. The van der Waals surface area contributed by atoms with E-state index >= 15 is 0 Å². The normalized spacial score (nSPS) is 11.4. The second-order valence-electron chi connectivity index (χ2n) is 8.65. The second-order valence-corrected chi connectivity index (χ2v) is 8.65. The fourth-order valence-electron chi connectivity index (χ4n) is 4.12. The number of fused-ring (bicyclic) bond motifs is 1. The second kappa shape index (κ2) is 11.4. The van der Waals surface area contributed by atoms with Gasteiger partial charge in [-0.25, -0.2) is 0 Å². The lowest BCUT2D eigenvalue weighted by atomic mass is 10.1. The first-order chi connectivity index (χ1) is 17.7. The summed E-state index contributed by atoms with van der Waals surface area (Å²) in [6, 6.07) is 30.7. The molecule has 5 aromatic rings. The van der Waals surface area contributed by atoms with Gasteiger partial charge in [-0.1, -0.05) is 48.6 Å². The summed E-state index contributed by atoms with van der Waals surface area (Å²) in [4.78, 5) is 16.3. The van der Waals surface area contributed by atoms with E-state index in [0.717, 1.165) is 58.0 Å². The Morgan fingerprint density at radius 1 is 0.667 bits per heavy atom. The van der Waals surface area contributed by atoms with Gasteiger partial charge < -0.3 is 4.74 Å². The maximum Gasteiger partial charge on any atom is 0.118 e. The highest BCUT2D eigenvalue weighted by atomic mass is 16.5. The Morgan fingerprint density at radius 3 is 1.94 bits per heavy atom. The van der Waals surface area contributed by atoms with Gasteiger partial charge in [-0.15, -0.1) is 0 Å². The molecule has 2 aromatic carbocycles. The van der Waals surface area contributed by atoms with Crippen LogP contribution in [0.4, 0.5) is 0 Å². The van der Waals surface area contributed by atoms with Gasteiger partial charge in [0.15, 0.2) is 0 Å². The minimum absolute atomic E-state index is 0.711. The highest BCUT2D eigenvalue weighted by Gasteiger charge is 2.11. The quantitative estimate of drug-likeness (QED) is 0.232. The van der Waals surface area contributed by atoms with Crippen LogP contribution in [0.2, 0.25) is 0 Å². The number of benzene rings is 2. The Bertz CT molecular complexity index is 1390. The Hall–Kier alpha value is -4.35. The molecule has 0 N–H and O–H groups in total. The molecule has 0 fully saturated rings. The van der Waals surface area contributed by atoms with Crippen molar-refractivity contribution in [1.29, 1.82) is 0 Å². The van der Waals surface area contributed by atoms with Gasteiger partial charge in [-0.3, -0.25) is 19.9 Å². The summed E-state index contributed by atoms with van der Waals surface area (Å²) in [6.07, 6.45) is 7.90. The zero-order valence-corrected chi connectivity index (χ0v) is 20.3. The van der Waals surface area contributed by atoms with E-state index in [-0.39, 0.29) is 0 Å². The standard InChI is InChI=1S/C31H28N4O/c1-36-30-15-10-24(11-16-30)8-9-25-12-17-31-26(20-25)13-14-29(34-31)23-35(21-27-6-2-4-18-32-27)22-28-7-3-5-19-33-28/h2-20H,21-23H2,1H3/b9-8+. The minimum Gasteiger partial charge on any atom is -0.497 e. The van der Waals surface area contributed by atoms with Crippen LogP contribution in [0.25, 0.3) is 23.1 Å². The number of hydrogen-bond donors (Lipinski definition) is 0. The van der Waals surface area contributed by atoms with Gasteiger partial charge in [0.25, 0.3) is 0 Å². The van der Waals surface area contributed by atoms with Crippen molar-refractivity contribution >= 4 is 23.1 Å². The summed E-state index contributed by atoms with van der Waals surface area (Å²) in [6.45, 7) is 2.17. The summed E-state index contributed by atoms with van der Waals surface area (Å²) in [5, 5.41) is 1.12. The molecule has 0 aliphatic heterocycles. The van der Waals surface area contributed by atoms with Crippen LogP contribution in [0.3, 0.4) is 0 Å². The zero-order chi connectivity index (χ0) is 24.6. The summed E-state index contributed by atoms with van der Waals surface area (Å²) in [5.41, 5.74) is 6.34. The van der Waals surface area contributed by atoms with Crippen LogP contribution in [-0.2, 0) is 19.6 Å². The highest BCUT2D eigenvalue weighted by molar-refractivity contribution is 5.83. The number of hydrogen-bond acceptors (Lipinski definition) is 5. The van der Waals surface area contributed by atoms with Crippen LogP contribution in [0.1, 0.15) is 28.2 Å². The number of methoxy groups -OCH3 is 1. The maximum atomic E-state index is 5.23. The van der Waals surface area contributed by atoms with Crippen molar-refractivity contribution < 1.29 is 4.74 Å². The molecule has 0 saturated heterocycles. The first-order valence-electron chi connectivity index (χ1n) is 12.0. The van der Waals surface area contributed by atoms with Crippen molar-refractivity contribution in [2.75, 3.05) is 7.11 Å². The van der Waals surface area contributed by atoms with E-state index < -0.39 is 0 Å². The van der Waals surface area contributed by atoms with Gasteiger partial charge in [0.1, 0.15) is 5.75 Å². The summed E-state index contributed by atoms with van der Waals surface area (Å²) < 4.78 is 5.23. The van der Waals surface area contributed by atoms with E-state index in [4.69, 9.17) is 9.72 Å². The number of aromatic nitrogens is 3. The maximum absolute atomic E-state index is 5.23. The first-order valence-corrected chi connectivity index (χ1v) is 12.0. The summed E-state index contributed by atoms with van der Waals surface area (Å²) in [7, 11) is 1.68. The molecule has 36 heavy (non-hydrogen) atoms. The van der Waals surface area contributed by atoms with E-state index in [2.05, 4.69) is 69.5 Å². The van der Waals surface area contributed by atoms with Crippen molar-refractivity contribution in [2.45, 2.75) is 19.6 Å². The molecule has 0 aliphatic rings. The van der Waals surface area contributed by atoms with Crippen molar-refractivity contribution in [2.24, 2.45) is 0 Å². The zero-order valence-electron chi connectivity index (χ0n) is 20.3. The lowest BCUT2D eigenvalue weighted by molar-refractivity contribution is 0.239. The summed E-state index contributed by atoms with van der Waals surface area (Å²) >= 11 is 0. The Balaban J connectivity index is 1.33. The Morgan fingerprint density at radius 2 is 1.31 bits per heavy atom. The van der Waals surface area contributed by atoms with Crippen LogP contribution in [0.15, 0.2) is 103 Å². The first kappa shape index (κ1) is 23.4. The monoisotopic (exact) mass is 472 g/mol. The van der Waals surface area contributed by atoms with Crippen molar-refractivity contribution in [1.82, 2.24) is 19.9 Å². The van der Waals surface area contributed by atoms with Gasteiger partial charge >= 0.3 is 0 Å². The molecule has 3 heterocycles. The Labute approximate surface area is 211 Å². The van der Waals surface area contributed by atoms with E-state index in [1.54, 1.807) is 7.11 Å².